The Morgan fingerprint density at radius 2 is 1.74 bits per heavy atom. The van der Waals surface area contributed by atoms with Crippen molar-refractivity contribution >= 4 is 17.6 Å². The van der Waals surface area contributed by atoms with Crippen LogP contribution in [0.25, 0.3) is 11.1 Å². The van der Waals surface area contributed by atoms with Crippen LogP contribution in [0.1, 0.15) is 10.4 Å². The molecule has 3 nitrogen and oxygen atoms in total. The zero-order valence-electron chi connectivity index (χ0n) is 10.6. The number of benzene rings is 2. The number of hydrogen-bond donors (Lipinski definition) is 0. The van der Waals surface area contributed by atoms with E-state index in [1.54, 1.807) is 25.3 Å². The summed E-state index contributed by atoms with van der Waals surface area (Å²) in [4.78, 5) is 11.3. The van der Waals surface area contributed by atoms with E-state index in [0.717, 1.165) is 11.1 Å². The first-order chi connectivity index (χ1) is 9.15. The van der Waals surface area contributed by atoms with Crippen molar-refractivity contribution in [3.05, 3.63) is 53.1 Å². The summed E-state index contributed by atoms with van der Waals surface area (Å²) < 4.78 is 9.76. The summed E-state index contributed by atoms with van der Waals surface area (Å²) in [5, 5.41) is 0.602. The van der Waals surface area contributed by atoms with E-state index < -0.39 is 0 Å². The van der Waals surface area contributed by atoms with Gasteiger partial charge in [0.2, 0.25) is 0 Å². The molecule has 0 aliphatic rings. The number of methoxy groups -OCH3 is 2. The van der Waals surface area contributed by atoms with Crippen LogP contribution in [0.2, 0.25) is 5.02 Å². The van der Waals surface area contributed by atoms with Gasteiger partial charge in [-0.05, 0) is 35.9 Å². The molecule has 2 aromatic rings. The predicted octanol–water partition coefficient (Wildman–Crippen LogP) is 3.80. The van der Waals surface area contributed by atoms with Crippen LogP contribution in [0.4, 0.5) is 0 Å². The van der Waals surface area contributed by atoms with Crippen LogP contribution in [-0.2, 0) is 4.74 Å². The van der Waals surface area contributed by atoms with Crippen molar-refractivity contribution in [1.29, 1.82) is 0 Å². The van der Waals surface area contributed by atoms with Crippen molar-refractivity contribution in [2.24, 2.45) is 0 Å². The third kappa shape index (κ3) is 2.88. The van der Waals surface area contributed by atoms with E-state index in [9.17, 15) is 4.79 Å². The number of esters is 1. The molecule has 0 bridgehead atoms. The molecule has 0 aliphatic carbocycles. The zero-order chi connectivity index (χ0) is 13.8. The summed E-state index contributed by atoms with van der Waals surface area (Å²) in [6, 6.07) is 12.6. The minimum Gasteiger partial charge on any atom is -0.497 e. The van der Waals surface area contributed by atoms with Crippen molar-refractivity contribution in [1.82, 2.24) is 0 Å². The Morgan fingerprint density at radius 1 is 1.05 bits per heavy atom. The van der Waals surface area contributed by atoms with Crippen molar-refractivity contribution in [2.45, 2.75) is 0 Å². The molecule has 0 spiro atoms. The Hall–Kier alpha value is -2.00. The SMILES string of the molecule is COC(=O)c1ccc(-c2ccc(OC)cc2Cl)cc1. The maximum absolute atomic E-state index is 11.3. The molecule has 0 N–H and O–H groups in total. The topological polar surface area (TPSA) is 35.5 Å². The highest BCUT2D eigenvalue weighted by Gasteiger charge is 2.08. The molecule has 0 aliphatic heterocycles. The average Bonchev–Trinajstić information content (AvgIpc) is 2.46. The molecule has 0 fully saturated rings. The molecular formula is C15H13ClO3. The minimum atomic E-state index is -0.354. The van der Waals surface area contributed by atoms with Crippen LogP contribution in [0, 0.1) is 0 Å². The average molecular weight is 277 g/mol. The molecular weight excluding hydrogens is 264 g/mol. The fourth-order valence-corrected chi connectivity index (χ4v) is 2.04. The Morgan fingerprint density at radius 3 is 2.26 bits per heavy atom. The number of hydrogen-bond acceptors (Lipinski definition) is 3. The number of rotatable bonds is 3. The lowest BCUT2D eigenvalue weighted by molar-refractivity contribution is 0.0601. The summed E-state index contributed by atoms with van der Waals surface area (Å²) in [6.45, 7) is 0. The molecule has 0 saturated heterocycles. The Balaban J connectivity index is 2.34. The molecule has 2 rings (SSSR count). The van der Waals surface area contributed by atoms with Gasteiger partial charge in [0, 0.05) is 5.56 Å². The summed E-state index contributed by atoms with van der Waals surface area (Å²) in [6.07, 6.45) is 0. The first kappa shape index (κ1) is 13.4. The summed E-state index contributed by atoms with van der Waals surface area (Å²) in [5.41, 5.74) is 2.33. The fourth-order valence-electron chi connectivity index (χ4n) is 1.76. The lowest BCUT2D eigenvalue weighted by Crippen LogP contribution is -2.00. The van der Waals surface area contributed by atoms with Gasteiger partial charge in [0.25, 0.3) is 0 Å². The second kappa shape index (κ2) is 5.76. The minimum absolute atomic E-state index is 0.354. The van der Waals surface area contributed by atoms with Gasteiger partial charge >= 0.3 is 5.97 Å². The van der Waals surface area contributed by atoms with Crippen molar-refractivity contribution in [3.63, 3.8) is 0 Å². The number of ether oxygens (including phenoxy) is 2. The second-order valence-electron chi connectivity index (χ2n) is 3.91. The zero-order valence-corrected chi connectivity index (χ0v) is 11.4. The summed E-state index contributed by atoms with van der Waals surface area (Å²) >= 11 is 6.20. The van der Waals surface area contributed by atoms with Crippen LogP contribution >= 0.6 is 11.6 Å². The molecule has 0 heterocycles. The van der Waals surface area contributed by atoms with Gasteiger partial charge in [-0.15, -0.1) is 0 Å². The molecule has 98 valence electrons. The van der Waals surface area contributed by atoms with Crippen LogP contribution in [0.5, 0.6) is 5.75 Å². The van der Waals surface area contributed by atoms with Gasteiger partial charge in [-0.2, -0.15) is 0 Å². The quantitative estimate of drug-likeness (QED) is 0.800. The van der Waals surface area contributed by atoms with Gasteiger partial charge in [0.15, 0.2) is 0 Å². The largest absolute Gasteiger partial charge is 0.497 e. The van der Waals surface area contributed by atoms with E-state index in [2.05, 4.69) is 4.74 Å². The highest BCUT2D eigenvalue weighted by molar-refractivity contribution is 6.33. The van der Waals surface area contributed by atoms with E-state index in [4.69, 9.17) is 16.3 Å². The smallest absolute Gasteiger partial charge is 0.337 e. The molecule has 0 unspecified atom stereocenters. The second-order valence-corrected chi connectivity index (χ2v) is 4.32. The normalized spacial score (nSPS) is 10.1. The highest BCUT2D eigenvalue weighted by atomic mass is 35.5. The van der Waals surface area contributed by atoms with Crippen LogP contribution < -0.4 is 4.74 Å². The van der Waals surface area contributed by atoms with E-state index in [-0.39, 0.29) is 5.97 Å². The van der Waals surface area contributed by atoms with Gasteiger partial charge in [-0.3, -0.25) is 0 Å². The molecule has 0 radical (unpaired) electrons. The predicted molar refractivity (Wildman–Crippen MR) is 74.8 cm³/mol. The Labute approximate surface area is 116 Å². The first-order valence-electron chi connectivity index (χ1n) is 5.68. The van der Waals surface area contributed by atoms with Crippen LogP contribution in [0.3, 0.4) is 0 Å². The highest BCUT2D eigenvalue weighted by Crippen LogP contribution is 2.31. The van der Waals surface area contributed by atoms with Crippen LogP contribution in [0.15, 0.2) is 42.5 Å². The monoisotopic (exact) mass is 276 g/mol. The number of carbonyl (C=O) groups is 1. The van der Waals surface area contributed by atoms with Gasteiger partial charge in [0.05, 0.1) is 24.8 Å². The molecule has 19 heavy (non-hydrogen) atoms. The summed E-state index contributed by atoms with van der Waals surface area (Å²) in [7, 11) is 2.95. The first-order valence-corrected chi connectivity index (χ1v) is 6.06. The molecule has 0 atom stereocenters. The van der Waals surface area contributed by atoms with E-state index in [1.165, 1.54) is 7.11 Å². The van der Waals surface area contributed by atoms with Crippen molar-refractivity contribution < 1.29 is 14.3 Å². The van der Waals surface area contributed by atoms with E-state index >= 15 is 0 Å². The van der Waals surface area contributed by atoms with Gasteiger partial charge in [-0.25, -0.2) is 4.79 Å². The third-order valence-electron chi connectivity index (χ3n) is 2.79. The maximum atomic E-state index is 11.3. The third-order valence-corrected chi connectivity index (χ3v) is 3.11. The molecule has 0 aromatic heterocycles. The molecule has 0 amide bonds. The lowest BCUT2D eigenvalue weighted by Gasteiger charge is -2.07. The Bertz CT molecular complexity index is 591. The van der Waals surface area contributed by atoms with Gasteiger partial charge in [-0.1, -0.05) is 23.7 Å². The number of halogens is 1. The van der Waals surface area contributed by atoms with Gasteiger partial charge in [0.1, 0.15) is 5.75 Å². The van der Waals surface area contributed by atoms with E-state index in [0.29, 0.717) is 16.3 Å². The van der Waals surface area contributed by atoms with Crippen molar-refractivity contribution in [2.75, 3.05) is 14.2 Å². The van der Waals surface area contributed by atoms with Gasteiger partial charge < -0.3 is 9.47 Å². The standard InChI is InChI=1S/C15H13ClO3/c1-18-12-7-8-13(14(16)9-12)10-3-5-11(6-4-10)15(17)19-2/h3-9H,1-2H3. The molecule has 2 aromatic carbocycles. The Kier molecular flexibility index (Phi) is 4.07. The van der Waals surface area contributed by atoms with Crippen molar-refractivity contribution in [3.8, 4) is 16.9 Å². The molecule has 0 saturated carbocycles. The maximum Gasteiger partial charge on any atom is 0.337 e. The lowest BCUT2D eigenvalue weighted by atomic mass is 10.0. The van der Waals surface area contributed by atoms with Crippen LogP contribution in [-0.4, -0.2) is 20.2 Å². The summed E-state index contributed by atoms with van der Waals surface area (Å²) in [5.74, 6) is 0.354. The number of carbonyl (C=O) groups excluding carboxylic acids is 1. The fraction of sp³-hybridized carbons (Fsp3) is 0.133. The van der Waals surface area contributed by atoms with E-state index in [1.807, 2.05) is 24.3 Å². The molecule has 4 heteroatoms.